The lowest BCUT2D eigenvalue weighted by molar-refractivity contribution is -0.0852. The summed E-state index contributed by atoms with van der Waals surface area (Å²) >= 11 is 5.89. The minimum Gasteiger partial charge on any atom is -0.387 e. The number of benzene rings is 1. The maximum Gasteiger partial charge on any atom is 0.127 e. The van der Waals surface area contributed by atoms with Gasteiger partial charge in [-0.1, -0.05) is 17.7 Å². The Kier molecular flexibility index (Phi) is 2.71. The van der Waals surface area contributed by atoms with Crippen LogP contribution in [-0.4, -0.2) is 35.7 Å². The number of halogens is 2. The van der Waals surface area contributed by atoms with Crippen LogP contribution in [0.1, 0.15) is 5.56 Å². The second-order valence-corrected chi connectivity index (χ2v) is 4.68. The van der Waals surface area contributed by atoms with E-state index in [4.69, 9.17) is 11.6 Å². The first-order chi connectivity index (χ1) is 7.00. The van der Waals surface area contributed by atoms with Gasteiger partial charge in [-0.15, -0.1) is 0 Å². The summed E-state index contributed by atoms with van der Waals surface area (Å²) in [6.07, 6.45) is 0.281. The van der Waals surface area contributed by atoms with Gasteiger partial charge in [-0.05, 0) is 19.2 Å². The fourth-order valence-corrected chi connectivity index (χ4v) is 2.33. The van der Waals surface area contributed by atoms with Gasteiger partial charge in [0, 0.05) is 30.1 Å². The molecule has 1 aromatic rings. The third kappa shape index (κ3) is 2.14. The van der Waals surface area contributed by atoms with Crippen LogP contribution in [0.5, 0.6) is 0 Å². The molecule has 1 aliphatic rings. The standard InChI is InChI=1S/C11H13ClFNO/c1-14-6-11(15,7-14)5-8-9(12)3-2-4-10(8)13/h2-4,15H,5-7H2,1H3. The summed E-state index contributed by atoms with van der Waals surface area (Å²) in [6, 6.07) is 4.58. The average Bonchev–Trinajstić information content (AvgIpc) is 2.09. The van der Waals surface area contributed by atoms with Crippen LogP contribution >= 0.6 is 11.6 Å². The molecule has 0 saturated carbocycles. The second-order valence-electron chi connectivity index (χ2n) is 4.27. The molecular formula is C11H13ClFNO. The van der Waals surface area contributed by atoms with E-state index in [1.165, 1.54) is 6.07 Å². The molecule has 1 fully saturated rings. The van der Waals surface area contributed by atoms with Gasteiger partial charge in [0.1, 0.15) is 5.82 Å². The van der Waals surface area contributed by atoms with Gasteiger partial charge in [0.15, 0.2) is 0 Å². The fraction of sp³-hybridized carbons (Fsp3) is 0.455. The number of hydrogen-bond acceptors (Lipinski definition) is 2. The van der Waals surface area contributed by atoms with Gasteiger partial charge in [-0.25, -0.2) is 4.39 Å². The zero-order valence-electron chi connectivity index (χ0n) is 8.50. The van der Waals surface area contributed by atoms with Crippen LogP contribution in [0.2, 0.25) is 5.02 Å². The lowest BCUT2D eigenvalue weighted by Crippen LogP contribution is -2.61. The Labute approximate surface area is 93.3 Å². The van der Waals surface area contributed by atoms with Gasteiger partial charge in [0.25, 0.3) is 0 Å². The summed E-state index contributed by atoms with van der Waals surface area (Å²) in [5, 5.41) is 10.4. The Morgan fingerprint density at radius 1 is 1.53 bits per heavy atom. The molecule has 4 heteroatoms. The monoisotopic (exact) mass is 229 g/mol. The second kappa shape index (κ2) is 3.74. The van der Waals surface area contributed by atoms with Crippen LogP contribution in [0.4, 0.5) is 4.39 Å². The van der Waals surface area contributed by atoms with Crippen molar-refractivity contribution in [2.24, 2.45) is 0 Å². The van der Waals surface area contributed by atoms with Gasteiger partial charge in [-0.2, -0.15) is 0 Å². The highest BCUT2D eigenvalue weighted by atomic mass is 35.5. The molecule has 0 bridgehead atoms. The molecule has 1 N–H and O–H groups in total. The molecule has 0 unspecified atom stereocenters. The molecule has 82 valence electrons. The Morgan fingerprint density at radius 3 is 2.73 bits per heavy atom. The molecule has 0 radical (unpaired) electrons. The number of nitrogens with zero attached hydrogens (tertiary/aromatic N) is 1. The molecule has 1 saturated heterocycles. The van der Waals surface area contributed by atoms with Gasteiger partial charge < -0.3 is 10.0 Å². The number of likely N-dealkylation sites (tertiary alicyclic amines) is 1. The van der Waals surface area contributed by atoms with E-state index in [0.717, 1.165) is 0 Å². The quantitative estimate of drug-likeness (QED) is 0.835. The van der Waals surface area contributed by atoms with Crippen LogP contribution in [0.3, 0.4) is 0 Å². The van der Waals surface area contributed by atoms with Crippen LogP contribution in [0.25, 0.3) is 0 Å². The van der Waals surface area contributed by atoms with Crippen molar-refractivity contribution in [2.45, 2.75) is 12.0 Å². The summed E-state index contributed by atoms with van der Waals surface area (Å²) in [5.41, 5.74) is -0.407. The maximum absolute atomic E-state index is 13.4. The van der Waals surface area contributed by atoms with Crippen molar-refractivity contribution < 1.29 is 9.50 Å². The van der Waals surface area contributed by atoms with E-state index in [9.17, 15) is 9.50 Å². The highest BCUT2D eigenvalue weighted by Gasteiger charge is 2.39. The molecule has 2 rings (SSSR count). The van der Waals surface area contributed by atoms with Crippen LogP contribution in [-0.2, 0) is 6.42 Å². The third-order valence-electron chi connectivity index (χ3n) is 2.70. The van der Waals surface area contributed by atoms with Crippen molar-refractivity contribution in [3.05, 3.63) is 34.6 Å². The molecule has 0 aliphatic carbocycles. The maximum atomic E-state index is 13.4. The van der Waals surface area contributed by atoms with E-state index < -0.39 is 5.60 Å². The van der Waals surface area contributed by atoms with Crippen LogP contribution < -0.4 is 0 Å². The first-order valence-electron chi connectivity index (χ1n) is 4.84. The van der Waals surface area contributed by atoms with Crippen LogP contribution in [0, 0.1) is 5.82 Å². The van der Waals surface area contributed by atoms with Gasteiger partial charge in [-0.3, -0.25) is 0 Å². The van der Waals surface area contributed by atoms with Gasteiger partial charge >= 0.3 is 0 Å². The highest BCUT2D eigenvalue weighted by molar-refractivity contribution is 6.31. The van der Waals surface area contributed by atoms with E-state index in [-0.39, 0.29) is 12.2 Å². The van der Waals surface area contributed by atoms with Crippen LogP contribution in [0.15, 0.2) is 18.2 Å². The van der Waals surface area contributed by atoms with Crippen molar-refractivity contribution in [3.63, 3.8) is 0 Å². The highest BCUT2D eigenvalue weighted by Crippen LogP contribution is 2.28. The van der Waals surface area contributed by atoms with E-state index in [2.05, 4.69) is 0 Å². The fourth-order valence-electron chi connectivity index (χ4n) is 2.10. The molecular weight excluding hydrogens is 217 g/mol. The molecule has 0 spiro atoms. The summed E-state index contributed by atoms with van der Waals surface area (Å²) in [5.74, 6) is -0.342. The Morgan fingerprint density at radius 2 is 2.20 bits per heavy atom. The predicted octanol–water partition coefficient (Wildman–Crippen LogP) is 1.70. The number of hydrogen-bond donors (Lipinski definition) is 1. The molecule has 15 heavy (non-hydrogen) atoms. The molecule has 1 aliphatic heterocycles. The van der Waals surface area contributed by atoms with Crippen molar-refractivity contribution in [1.82, 2.24) is 4.90 Å². The summed E-state index contributed by atoms with van der Waals surface area (Å²) in [6.45, 7) is 1.13. The summed E-state index contributed by atoms with van der Waals surface area (Å²) in [7, 11) is 1.91. The largest absolute Gasteiger partial charge is 0.387 e. The number of aliphatic hydroxyl groups is 1. The first-order valence-corrected chi connectivity index (χ1v) is 5.22. The molecule has 1 heterocycles. The predicted molar refractivity (Wildman–Crippen MR) is 57.6 cm³/mol. The minimum atomic E-state index is -0.819. The molecule has 2 nitrogen and oxygen atoms in total. The molecule has 0 atom stereocenters. The van der Waals surface area contributed by atoms with Gasteiger partial charge in [0.05, 0.1) is 5.60 Å². The Bertz CT molecular complexity index is 357. The number of rotatable bonds is 2. The van der Waals surface area contributed by atoms with Crippen molar-refractivity contribution in [3.8, 4) is 0 Å². The Balaban J connectivity index is 2.18. The van der Waals surface area contributed by atoms with Crippen molar-refractivity contribution in [1.29, 1.82) is 0 Å². The smallest absolute Gasteiger partial charge is 0.127 e. The van der Waals surface area contributed by atoms with E-state index in [1.807, 2.05) is 11.9 Å². The van der Waals surface area contributed by atoms with Gasteiger partial charge in [0.2, 0.25) is 0 Å². The zero-order valence-corrected chi connectivity index (χ0v) is 9.26. The SMILES string of the molecule is CN1CC(O)(Cc2c(F)cccc2Cl)C1. The third-order valence-corrected chi connectivity index (χ3v) is 3.05. The van der Waals surface area contributed by atoms with E-state index in [0.29, 0.717) is 23.7 Å². The summed E-state index contributed by atoms with van der Waals surface area (Å²) < 4.78 is 13.4. The normalized spacial score (nSPS) is 20.0. The molecule has 1 aromatic carbocycles. The number of β-amino-alcohol motifs (C(OH)–C–C–N with tert-alkyl or cyclic N) is 1. The number of likely N-dealkylation sites (N-methyl/N-ethyl adjacent to an activating group) is 1. The average molecular weight is 230 g/mol. The lowest BCUT2D eigenvalue weighted by Gasteiger charge is -2.44. The lowest BCUT2D eigenvalue weighted by atomic mass is 9.87. The van der Waals surface area contributed by atoms with Crippen molar-refractivity contribution in [2.75, 3.05) is 20.1 Å². The molecule has 0 aromatic heterocycles. The molecule has 0 amide bonds. The minimum absolute atomic E-state index is 0.281. The topological polar surface area (TPSA) is 23.5 Å². The zero-order chi connectivity index (χ0) is 11.1. The summed E-state index contributed by atoms with van der Waals surface area (Å²) in [4.78, 5) is 1.98. The van der Waals surface area contributed by atoms with E-state index in [1.54, 1.807) is 12.1 Å². The Hall–Kier alpha value is -0.640. The first kappa shape index (κ1) is 10.9. The van der Waals surface area contributed by atoms with Crippen molar-refractivity contribution >= 4 is 11.6 Å². The van der Waals surface area contributed by atoms with E-state index >= 15 is 0 Å².